The molecule has 1 aliphatic heterocycles. The van der Waals surface area contributed by atoms with E-state index < -0.39 is 0 Å². The largest absolute Gasteiger partial charge is 0.497 e. The topological polar surface area (TPSA) is 76.5 Å². The highest BCUT2D eigenvalue weighted by Gasteiger charge is 2.29. The number of nitrogens with one attached hydrogen (secondary N) is 1. The van der Waals surface area contributed by atoms with Crippen LogP contribution in [0.3, 0.4) is 0 Å². The summed E-state index contributed by atoms with van der Waals surface area (Å²) in [6.45, 7) is 6.29. The highest BCUT2D eigenvalue weighted by atomic mass is 32.1. The Hall–Kier alpha value is -2.87. The van der Waals surface area contributed by atoms with E-state index in [9.17, 15) is 9.59 Å². The fourth-order valence-electron chi connectivity index (χ4n) is 4.10. The number of carbonyl (C=O) groups is 1. The Bertz CT molecular complexity index is 1150. The number of aromatic nitrogens is 2. The summed E-state index contributed by atoms with van der Waals surface area (Å²) < 4.78 is 7.65. The molecule has 1 aliphatic rings. The SMILES string of the molecule is COc1cccc(-n2c(N3CCC[C@H](C(=O)NCCC(C)C)C3)nc3ccsc3c2=O)c1. The predicted octanol–water partition coefficient (Wildman–Crippen LogP) is 3.83. The molecule has 0 radical (unpaired) electrons. The molecule has 4 rings (SSSR count). The van der Waals surface area contributed by atoms with E-state index in [0.717, 1.165) is 25.8 Å². The second kappa shape index (κ2) is 9.73. The minimum absolute atomic E-state index is 0.0854. The van der Waals surface area contributed by atoms with Crippen LogP contribution >= 0.6 is 11.3 Å². The van der Waals surface area contributed by atoms with Gasteiger partial charge in [-0.3, -0.25) is 9.59 Å². The Balaban J connectivity index is 1.68. The summed E-state index contributed by atoms with van der Waals surface area (Å²) in [5, 5.41) is 4.97. The molecule has 32 heavy (non-hydrogen) atoms. The molecule has 1 fully saturated rings. The molecule has 0 bridgehead atoms. The van der Waals surface area contributed by atoms with E-state index in [0.29, 0.717) is 46.6 Å². The molecule has 3 aromatic rings. The van der Waals surface area contributed by atoms with E-state index in [1.54, 1.807) is 11.7 Å². The molecule has 3 heterocycles. The number of hydrogen-bond acceptors (Lipinski definition) is 6. The quantitative estimate of drug-likeness (QED) is 0.587. The maximum atomic E-state index is 13.5. The maximum absolute atomic E-state index is 13.5. The summed E-state index contributed by atoms with van der Waals surface area (Å²) in [6.07, 6.45) is 2.68. The van der Waals surface area contributed by atoms with E-state index >= 15 is 0 Å². The third kappa shape index (κ3) is 4.65. The van der Waals surface area contributed by atoms with Gasteiger partial charge in [-0.05, 0) is 48.8 Å². The number of thiophene rings is 1. The molecule has 8 heteroatoms. The van der Waals surface area contributed by atoms with Crippen molar-refractivity contribution in [1.82, 2.24) is 14.9 Å². The van der Waals surface area contributed by atoms with Gasteiger partial charge in [-0.2, -0.15) is 0 Å². The number of ether oxygens (including phenoxy) is 1. The first-order chi connectivity index (χ1) is 15.5. The summed E-state index contributed by atoms with van der Waals surface area (Å²) in [6, 6.07) is 9.31. The van der Waals surface area contributed by atoms with Crippen molar-refractivity contribution in [2.75, 3.05) is 31.6 Å². The Labute approximate surface area is 192 Å². The van der Waals surface area contributed by atoms with Crippen LogP contribution in [0.4, 0.5) is 5.95 Å². The molecule has 7 nitrogen and oxygen atoms in total. The van der Waals surface area contributed by atoms with Crippen molar-refractivity contribution in [3.63, 3.8) is 0 Å². The molecule has 170 valence electrons. The molecular formula is C24H30N4O3S. The molecule has 1 aromatic carbocycles. The molecule has 0 aliphatic carbocycles. The van der Waals surface area contributed by atoms with Gasteiger partial charge in [-0.25, -0.2) is 9.55 Å². The highest BCUT2D eigenvalue weighted by molar-refractivity contribution is 7.17. The molecule has 1 atom stereocenters. The van der Waals surface area contributed by atoms with Crippen LogP contribution in [0.1, 0.15) is 33.1 Å². The van der Waals surface area contributed by atoms with Gasteiger partial charge < -0.3 is 15.0 Å². The number of anilines is 1. The zero-order valence-corrected chi connectivity index (χ0v) is 19.7. The van der Waals surface area contributed by atoms with E-state index in [1.165, 1.54) is 11.3 Å². The number of carbonyl (C=O) groups excluding carboxylic acids is 1. The zero-order chi connectivity index (χ0) is 22.7. The lowest BCUT2D eigenvalue weighted by molar-refractivity contribution is -0.125. The van der Waals surface area contributed by atoms with E-state index in [2.05, 4.69) is 24.1 Å². The number of nitrogens with zero attached hydrogens (tertiary/aromatic N) is 3. The van der Waals surface area contributed by atoms with Crippen LogP contribution in [0, 0.1) is 11.8 Å². The first-order valence-electron chi connectivity index (χ1n) is 11.1. The van der Waals surface area contributed by atoms with Crippen LogP contribution in [0.5, 0.6) is 5.75 Å². The monoisotopic (exact) mass is 454 g/mol. The van der Waals surface area contributed by atoms with Gasteiger partial charge in [-0.1, -0.05) is 19.9 Å². The van der Waals surface area contributed by atoms with Gasteiger partial charge in [0.15, 0.2) is 0 Å². The number of piperidine rings is 1. The van der Waals surface area contributed by atoms with Crippen LogP contribution in [0.25, 0.3) is 15.9 Å². The van der Waals surface area contributed by atoms with Crippen molar-refractivity contribution < 1.29 is 9.53 Å². The fraction of sp³-hybridized carbons (Fsp3) is 0.458. The van der Waals surface area contributed by atoms with Crippen LogP contribution in [0.2, 0.25) is 0 Å². The molecule has 1 saturated heterocycles. The fourth-order valence-corrected chi connectivity index (χ4v) is 4.86. The van der Waals surface area contributed by atoms with Crippen molar-refractivity contribution in [1.29, 1.82) is 0 Å². The predicted molar refractivity (Wildman–Crippen MR) is 129 cm³/mol. The summed E-state index contributed by atoms with van der Waals surface area (Å²) in [7, 11) is 1.61. The smallest absolute Gasteiger partial charge is 0.277 e. The number of fused-ring (bicyclic) bond motifs is 1. The molecule has 1 N–H and O–H groups in total. The number of rotatable bonds is 7. The minimum atomic E-state index is -0.121. The van der Waals surface area contributed by atoms with Crippen LogP contribution in [0.15, 0.2) is 40.5 Å². The first kappa shape index (κ1) is 22.3. The number of methoxy groups -OCH3 is 1. The van der Waals surface area contributed by atoms with Crippen molar-refractivity contribution in [3.8, 4) is 11.4 Å². The number of amides is 1. The van der Waals surface area contributed by atoms with Crippen molar-refractivity contribution in [3.05, 3.63) is 46.1 Å². The molecule has 0 spiro atoms. The minimum Gasteiger partial charge on any atom is -0.497 e. The molecule has 1 amide bonds. The Morgan fingerprint density at radius 3 is 2.97 bits per heavy atom. The van der Waals surface area contributed by atoms with Gasteiger partial charge in [0.05, 0.1) is 24.2 Å². The number of benzene rings is 1. The third-order valence-corrected chi connectivity index (χ3v) is 6.76. The van der Waals surface area contributed by atoms with Crippen molar-refractivity contribution in [2.45, 2.75) is 33.1 Å². The first-order valence-corrected chi connectivity index (χ1v) is 12.0. The second-order valence-electron chi connectivity index (χ2n) is 8.65. The molecule has 0 saturated carbocycles. The van der Waals surface area contributed by atoms with Gasteiger partial charge in [0.1, 0.15) is 10.4 Å². The zero-order valence-electron chi connectivity index (χ0n) is 18.8. The van der Waals surface area contributed by atoms with E-state index in [-0.39, 0.29) is 17.4 Å². The Morgan fingerprint density at radius 1 is 1.34 bits per heavy atom. The van der Waals surface area contributed by atoms with Gasteiger partial charge >= 0.3 is 0 Å². The van der Waals surface area contributed by atoms with Crippen molar-refractivity contribution in [2.24, 2.45) is 11.8 Å². The third-order valence-electron chi connectivity index (χ3n) is 5.87. The Morgan fingerprint density at radius 2 is 2.19 bits per heavy atom. The summed E-state index contributed by atoms with van der Waals surface area (Å²) in [5.41, 5.74) is 1.30. The number of hydrogen-bond donors (Lipinski definition) is 1. The molecule has 0 unspecified atom stereocenters. The molecule has 2 aromatic heterocycles. The standard InChI is InChI=1S/C24H30N4O3S/c1-16(2)9-11-25-22(29)17-6-5-12-27(15-17)24-26-20-10-13-32-21(20)23(30)28(24)18-7-4-8-19(14-18)31-3/h4,7-8,10,13-14,16-17H,5-6,9,11-12,15H2,1-3H3,(H,25,29)/t17-/m0/s1. The van der Waals surface area contributed by atoms with E-state index in [1.807, 2.05) is 35.7 Å². The Kier molecular flexibility index (Phi) is 6.79. The van der Waals surface area contributed by atoms with Crippen LogP contribution in [-0.2, 0) is 4.79 Å². The lowest BCUT2D eigenvalue weighted by Gasteiger charge is -2.34. The molecular weight excluding hydrogens is 424 g/mol. The summed E-state index contributed by atoms with van der Waals surface area (Å²) in [5.74, 6) is 1.77. The second-order valence-corrected chi connectivity index (χ2v) is 9.56. The van der Waals surface area contributed by atoms with E-state index in [4.69, 9.17) is 9.72 Å². The van der Waals surface area contributed by atoms with Gasteiger partial charge in [0, 0.05) is 25.7 Å². The van der Waals surface area contributed by atoms with Gasteiger partial charge in [0.2, 0.25) is 11.9 Å². The lowest BCUT2D eigenvalue weighted by atomic mass is 9.97. The average Bonchev–Trinajstić information content (AvgIpc) is 3.28. The normalized spacial score (nSPS) is 16.5. The van der Waals surface area contributed by atoms with Crippen LogP contribution in [-0.4, -0.2) is 42.2 Å². The summed E-state index contributed by atoms with van der Waals surface area (Å²) in [4.78, 5) is 33.2. The average molecular weight is 455 g/mol. The highest BCUT2D eigenvalue weighted by Crippen LogP contribution is 2.27. The van der Waals surface area contributed by atoms with Crippen molar-refractivity contribution >= 4 is 33.4 Å². The van der Waals surface area contributed by atoms with Crippen LogP contribution < -0.4 is 20.5 Å². The lowest BCUT2D eigenvalue weighted by Crippen LogP contribution is -2.45. The van der Waals surface area contributed by atoms with Gasteiger partial charge in [0.25, 0.3) is 5.56 Å². The summed E-state index contributed by atoms with van der Waals surface area (Å²) >= 11 is 1.40. The van der Waals surface area contributed by atoms with Gasteiger partial charge in [-0.15, -0.1) is 11.3 Å². The maximum Gasteiger partial charge on any atom is 0.277 e.